The standard InChI is InChI=1S/C21H22F2N2O/c1-4-5-15-6-8-16(9-7-15)19-14-20(21(2,22)23)24-25(19)17-10-12-18(26-3)13-11-17/h6-14H,4-5H2,1-3H3. The van der Waals surface area contributed by atoms with Crippen molar-refractivity contribution in [3.63, 3.8) is 0 Å². The number of ether oxygens (including phenoxy) is 1. The third-order valence-corrected chi connectivity index (χ3v) is 4.26. The van der Waals surface area contributed by atoms with Gasteiger partial charge in [-0.25, -0.2) is 4.68 Å². The van der Waals surface area contributed by atoms with Crippen LogP contribution >= 0.6 is 0 Å². The van der Waals surface area contributed by atoms with Crippen molar-refractivity contribution in [1.29, 1.82) is 0 Å². The predicted molar refractivity (Wildman–Crippen MR) is 99.1 cm³/mol. The minimum atomic E-state index is -3.01. The van der Waals surface area contributed by atoms with Gasteiger partial charge in [0.2, 0.25) is 0 Å². The van der Waals surface area contributed by atoms with E-state index in [1.165, 1.54) is 11.6 Å². The van der Waals surface area contributed by atoms with Crippen molar-refractivity contribution < 1.29 is 13.5 Å². The van der Waals surface area contributed by atoms with Gasteiger partial charge in [0, 0.05) is 12.5 Å². The molecule has 136 valence electrons. The normalized spacial score (nSPS) is 11.6. The maximum Gasteiger partial charge on any atom is 0.288 e. The largest absolute Gasteiger partial charge is 0.497 e. The van der Waals surface area contributed by atoms with Crippen LogP contribution in [0.1, 0.15) is 31.5 Å². The molecule has 0 aliphatic rings. The number of benzene rings is 2. The van der Waals surface area contributed by atoms with Crippen molar-refractivity contribution in [1.82, 2.24) is 9.78 Å². The second kappa shape index (κ2) is 7.28. The third-order valence-electron chi connectivity index (χ3n) is 4.26. The van der Waals surface area contributed by atoms with E-state index in [4.69, 9.17) is 4.74 Å². The quantitative estimate of drug-likeness (QED) is 0.574. The fourth-order valence-electron chi connectivity index (χ4n) is 2.85. The topological polar surface area (TPSA) is 27.1 Å². The van der Waals surface area contributed by atoms with E-state index >= 15 is 0 Å². The summed E-state index contributed by atoms with van der Waals surface area (Å²) in [5, 5.41) is 4.17. The molecule has 0 bridgehead atoms. The SMILES string of the molecule is CCCc1ccc(-c2cc(C(C)(F)F)nn2-c2ccc(OC)cc2)cc1. The van der Waals surface area contributed by atoms with Gasteiger partial charge in [0.15, 0.2) is 0 Å². The zero-order valence-corrected chi connectivity index (χ0v) is 15.2. The molecule has 5 heteroatoms. The first-order chi connectivity index (χ1) is 12.4. The number of rotatable bonds is 6. The predicted octanol–water partition coefficient (Wildman–Crippen LogP) is 5.61. The van der Waals surface area contributed by atoms with E-state index in [2.05, 4.69) is 12.0 Å². The molecule has 1 heterocycles. The summed E-state index contributed by atoms with van der Waals surface area (Å²) >= 11 is 0. The van der Waals surface area contributed by atoms with Crippen molar-refractivity contribution in [2.75, 3.05) is 7.11 Å². The van der Waals surface area contributed by atoms with Crippen molar-refractivity contribution in [2.45, 2.75) is 32.6 Å². The molecule has 0 aliphatic carbocycles. The molecule has 0 amide bonds. The number of hydrogen-bond acceptors (Lipinski definition) is 2. The molecule has 0 N–H and O–H groups in total. The van der Waals surface area contributed by atoms with Gasteiger partial charge in [-0.2, -0.15) is 13.9 Å². The lowest BCUT2D eigenvalue weighted by molar-refractivity contribution is 0.0124. The van der Waals surface area contributed by atoms with Crippen LogP contribution in [0.15, 0.2) is 54.6 Å². The summed E-state index contributed by atoms with van der Waals surface area (Å²) in [6.45, 7) is 2.99. The van der Waals surface area contributed by atoms with E-state index in [1.54, 1.807) is 36.1 Å². The lowest BCUT2D eigenvalue weighted by Gasteiger charge is -2.09. The van der Waals surface area contributed by atoms with Crippen LogP contribution in [0.4, 0.5) is 8.78 Å². The van der Waals surface area contributed by atoms with Gasteiger partial charge in [-0.05, 0) is 42.3 Å². The van der Waals surface area contributed by atoms with Crippen LogP contribution in [-0.2, 0) is 12.3 Å². The summed E-state index contributed by atoms with van der Waals surface area (Å²) in [5.74, 6) is -2.30. The second-order valence-electron chi connectivity index (χ2n) is 6.36. The Labute approximate surface area is 152 Å². The molecule has 1 aromatic heterocycles. The van der Waals surface area contributed by atoms with Crippen LogP contribution in [0.25, 0.3) is 16.9 Å². The maximum atomic E-state index is 13.9. The highest BCUT2D eigenvalue weighted by Crippen LogP contribution is 2.32. The van der Waals surface area contributed by atoms with Crippen LogP contribution < -0.4 is 4.74 Å². The number of hydrogen-bond donors (Lipinski definition) is 0. The number of methoxy groups -OCH3 is 1. The number of halogens is 2. The molecule has 0 radical (unpaired) electrons. The summed E-state index contributed by atoms with van der Waals surface area (Å²) in [6, 6.07) is 16.6. The molecule has 26 heavy (non-hydrogen) atoms. The average molecular weight is 356 g/mol. The fraction of sp³-hybridized carbons (Fsp3) is 0.286. The molecular formula is C21H22F2N2O. The van der Waals surface area contributed by atoms with E-state index in [0.29, 0.717) is 17.1 Å². The number of aromatic nitrogens is 2. The van der Waals surface area contributed by atoms with Gasteiger partial charge in [0.1, 0.15) is 11.4 Å². The molecule has 0 atom stereocenters. The molecule has 3 aromatic rings. The van der Waals surface area contributed by atoms with Crippen LogP contribution in [0, 0.1) is 0 Å². The molecule has 0 unspecified atom stereocenters. The van der Waals surface area contributed by atoms with E-state index in [0.717, 1.165) is 25.3 Å². The Balaban J connectivity index is 2.08. The summed E-state index contributed by atoms with van der Waals surface area (Å²) in [6.07, 6.45) is 2.06. The van der Waals surface area contributed by atoms with Gasteiger partial charge in [0.05, 0.1) is 18.5 Å². The highest BCUT2D eigenvalue weighted by Gasteiger charge is 2.29. The van der Waals surface area contributed by atoms with Gasteiger partial charge in [-0.1, -0.05) is 37.6 Å². The van der Waals surface area contributed by atoms with Crippen LogP contribution in [-0.4, -0.2) is 16.9 Å². The van der Waals surface area contributed by atoms with Gasteiger partial charge < -0.3 is 4.74 Å². The lowest BCUT2D eigenvalue weighted by atomic mass is 10.1. The maximum absolute atomic E-state index is 13.9. The Bertz CT molecular complexity index is 863. The minimum Gasteiger partial charge on any atom is -0.497 e. The van der Waals surface area contributed by atoms with Crippen molar-refractivity contribution in [3.05, 3.63) is 65.9 Å². The monoisotopic (exact) mass is 356 g/mol. The van der Waals surface area contributed by atoms with Gasteiger partial charge in [-0.15, -0.1) is 0 Å². The Kier molecular flexibility index (Phi) is 5.07. The molecule has 3 nitrogen and oxygen atoms in total. The van der Waals surface area contributed by atoms with Gasteiger partial charge in [0.25, 0.3) is 5.92 Å². The smallest absolute Gasteiger partial charge is 0.288 e. The first-order valence-corrected chi connectivity index (χ1v) is 8.64. The van der Waals surface area contributed by atoms with E-state index < -0.39 is 5.92 Å². The van der Waals surface area contributed by atoms with E-state index in [-0.39, 0.29) is 5.69 Å². The third kappa shape index (κ3) is 3.77. The van der Waals surface area contributed by atoms with Crippen molar-refractivity contribution >= 4 is 0 Å². The Morgan fingerprint density at radius 1 is 1.04 bits per heavy atom. The van der Waals surface area contributed by atoms with E-state index in [9.17, 15) is 8.78 Å². The molecular weight excluding hydrogens is 334 g/mol. The second-order valence-corrected chi connectivity index (χ2v) is 6.36. The summed E-state index contributed by atoms with van der Waals surface area (Å²) in [7, 11) is 1.59. The van der Waals surface area contributed by atoms with Crippen LogP contribution in [0.2, 0.25) is 0 Å². The van der Waals surface area contributed by atoms with Gasteiger partial charge >= 0.3 is 0 Å². The highest BCUT2D eigenvalue weighted by molar-refractivity contribution is 5.63. The lowest BCUT2D eigenvalue weighted by Crippen LogP contribution is -2.09. The molecule has 0 saturated heterocycles. The summed E-state index contributed by atoms with van der Waals surface area (Å²) in [5.41, 5.74) is 3.17. The Hall–Kier alpha value is -2.69. The Morgan fingerprint density at radius 3 is 2.23 bits per heavy atom. The molecule has 0 spiro atoms. The molecule has 0 fully saturated rings. The zero-order valence-electron chi connectivity index (χ0n) is 15.2. The fourth-order valence-corrected chi connectivity index (χ4v) is 2.85. The first kappa shape index (κ1) is 18.1. The number of aryl methyl sites for hydroxylation is 1. The first-order valence-electron chi connectivity index (χ1n) is 8.64. The van der Waals surface area contributed by atoms with Crippen molar-refractivity contribution in [2.24, 2.45) is 0 Å². The van der Waals surface area contributed by atoms with Crippen LogP contribution in [0.3, 0.4) is 0 Å². The number of nitrogens with zero attached hydrogens (tertiary/aromatic N) is 2. The summed E-state index contributed by atoms with van der Waals surface area (Å²) in [4.78, 5) is 0. The molecule has 0 saturated carbocycles. The number of alkyl halides is 2. The highest BCUT2D eigenvalue weighted by atomic mass is 19.3. The van der Waals surface area contributed by atoms with Crippen molar-refractivity contribution in [3.8, 4) is 22.7 Å². The molecule has 3 rings (SSSR count). The molecule has 2 aromatic carbocycles. The average Bonchev–Trinajstić information content (AvgIpc) is 3.08. The van der Waals surface area contributed by atoms with Crippen LogP contribution in [0.5, 0.6) is 5.75 Å². The van der Waals surface area contributed by atoms with E-state index in [1.807, 2.05) is 24.3 Å². The molecule has 0 aliphatic heterocycles. The summed E-state index contributed by atoms with van der Waals surface area (Å²) < 4.78 is 34.5. The minimum absolute atomic E-state index is 0.249. The Morgan fingerprint density at radius 2 is 1.69 bits per heavy atom. The zero-order chi connectivity index (χ0) is 18.7. The van der Waals surface area contributed by atoms with Gasteiger partial charge in [-0.3, -0.25) is 0 Å².